The first-order valence-corrected chi connectivity index (χ1v) is 4.78. The highest BCUT2D eigenvalue weighted by Crippen LogP contribution is 2.11. The molecule has 0 radical (unpaired) electrons. The predicted molar refractivity (Wildman–Crippen MR) is 48.1 cm³/mol. The number of aliphatic hydroxyl groups is 1. The standard InChI is InChI=1S/C9H19NO2/c1-8-7-9(3-4-10-8)12-6-2-5-11/h8-11H,2-7H2,1H3. The van der Waals surface area contributed by atoms with Crippen LogP contribution in [0.5, 0.6) is 0 Å². The zero-order chi connectivity index (χ0) is 8.81. The molecular formula is C9H19NO2. The molecule has 12 heavy (non-hydrogen) atoms. The first-order chi connectivity index (χ1) is 5.83. The molecule has 1 aliphatic heterocycles. The molecule has 1 heterocycles. The summed E-state index contributed by atoms with van der Waals surface area (Å²) in [7, 11) is 0. The quantitative estimate of drug-likeness (QED) is 0.609. The summed E-state index contributed by atoms with van der Waals surface area (Å²) in [6, 6.07) is 0.581. The Morgan fingerprint density at radius 1 is 1.58 bits per heavy atom. The van der Waals surface area contributed by atoms with Crippen LogP contribution in [0.2, 0.25) is 0 Å². The van der Waals surface area contributed by atoms with Crippen molar-refractivity contribution in [2.24, 2.45) is 0 Å². The van der Waals surface area contributed by atoms with E-state index in [4.69, 9.17) is 9.84 Å². The fourth-order valence-corrected chi connectivity index (χ4v) is 1.55. The van der Waals surface area contributed by atoms with E-state index in [1.165, 1.54) is 0 Å². The molecule has 2 N–H and O–H groups in total. The number of rotatable bonds is 4. The van der Waals surface area contributed by atoms with Gasteiger partial charge < -0.3 is 15.2 Å². The monoisotopic (exact) mass is 173 g/mol. The van der Waals surface area contributed by atoms with Gasteiger partial charge in [-0.15, -0.1) is 0 Å². The highest BCUT2D eigenvalue weighted by Gasteiger charge is 2.17. The Morgan fingerprint density at radius 2 is 2.42 bits per heavy atom. The van der Waals surface area contributed by atoms with Gasteiger partial charge in [0.25, 0.3) is 0 Å². The molecule has 0 aromatic rings. The molecular weight excluding hydrogens is 154 g/mol. The Morgan fingerprint density at radius 3 is 3.08 bits per heavy atom. The van der Waals surface area contributed by atoms with E-state index in [1.54, 1.807) is 0 Å². The zero-order valence-electron chi connectivity index (χ0n) is 7.75. The van der Waals surface area contributed by atoms with E-state index < -0.39 is 0 Å². The van der Waals surface area contributed by atoms with Gasteiger partial charge in [-0.2, -0.15) is 0 Å². The molecule has 72 valence electrons. The van der Waals surface area contributed by atoms with Crippen molar-refractivity contribution >= 4 is 0 Å². The van der Waals surface area contributed by atoms with E-state index in [9.17, 15) is 0 Å². The zero-order valence-corrected chi connectivity index (χ0v) is 7.75. The van der Waals surface area contributed by atoms with Crippen molar-refractivity contribution in [2.45, 2.75) is 38.3 Å². The van der Waals surface area contributed by atoms with Crippen LogP contribution in [0.25, 0.3) is 0 Å². The summed E-state index contributed by atoms with van der Waals surface area (Å²) in [6.07, 6.45) is 3.38. The van der Waals surface area contributed by atoms with Gasteiger partial charge in [0.15, 0.2) is 0 Å². The molecule has 0 aromatic heterocycles. The van der Waals surface area contributed by atoms with Crippen LogP contribution in [0.4, 0.5) is 0 Å². The van der Waals surface area contributed by atoms with Crippen LogP contribution >= 0.6 is 0 Å². The minimum absolute atomic E-state index is 0.237. The van der Waals surface area contributed by atoms with Crippen LogP contribution in [0, 0.1) is 0 Å². The molecule has 3 heteroatoms. The second-order valence-corrected chi connectivity index (χ2v) is 3.45. The summed E-state index contributed by atoms with van der Waals surface area (Å²) in [5.41, 5.74) is 0. The molecule has 1 fully saturated rings. The van der Waals surface area contributed by atoms with E-state index in [0.29, 0.717) is 18.8 Å². The van der Waals surface area contributed by atoms with Crippen LogP contribution in [-0.2, 0) is 4.74 Å². The van der Waals surface area contributed by atoms with Gasteiger partial charge in [0.2, 0.25) is 0 Å². The molecule has 2 atom stereocenters. The molecule has 0 aromatic carbocycles. The van der Waals surface area contributed by atoms with E-state index in [0.717, 1.165) is 25.8 Å². The molecule has 0 saturated carbocycles. The molecule has 0 amide bonds. The maximum absolute atomic E-state index is 8.56. The topological polar surface area (TPSA) is 41.5 Å². The number of hydrogen-bond donors (Lipinski definition) is 2. The summed E-state index contributed by atoms with van der Waals surface area (Å²) in [4.78, 5) is 0. The number of piperidine rings is 1. The fourth-order valence-electron chi connectivity index (χ4n) is 1.55. The minimum atomic E-state index is 0.237. The second-order valence-electron chi connectivity index (χ2n) is 3.45. The summed E-state index contributed by atoms with van der Waals surface area (Å²) in [5.74, 6) is 0. The van der Waals surface area contributed by atoms with Crippen molar-refractivity contribution in [3.05, 3.63) is 0 Å². The number of aliphatic hydroxyl groups excluding tert-OH is 1. The number of hydrogen-bond acceptors (Lipinski definition) is 3. The van der Waals surface area contributed by atoms with Crippen LogP contribution < -0.4 is 5.32 Å². The largest absolute Gasteiger partial charge is 0.396 e. The van der Waals surface area contributed by atoms with Crippen molar-refractivity contribution in [3.8, 4) is 0 Å². The molecule has 0 aliphatic carbocycles. The maximum atomic E-state index is 8.56. The third kappa shape index (κ3) is 3.52. The van der Waals surface area contributed by atoms with Gasteiger partial charge in [0.1, 0.15) is 0 Å². The van der Waals surface area contributed by atoms with Crippen LogP contribution in [0.3, 0.4) is 0 Å². The lowest BCUT2D eigenvalue weighted by molar-refractivity contribution is 0.0173. The Bertz CT molecular complexity index is 119. The van der Waals surface area contributed by atoms with Crippen molar-refractivity contribution in [3.63, 3.8) is 0 Å². The molecule has 1 saturated heterocycles. The Labute approximate surface area is 74.1 Å². The third-order valence-electron chi connectivity index (χ3n) is 2.23. The van der Waals surface area contributed by atoms with Crippen molar-refractivity contribution in [2.75, 3.05) is 19.8 Å². The number of ether oxygens (including phenoxy) is 1. The second kappa shape index (κ2) is 5.51. The normalized spacial score (nSPS) is 30.5. The Hall–Kier alpha value is -0.120. The Kier molecular flexibility index (Phi) is 4.58. The predicted octanol–water partition coefficient (Wildman–Crippen LogP) is 0.526. The van der Waals surface area contributed by atoms with E-state index >= 15 is 0 Å². The molecule has 3 nitrogen and oxygen atoms in total. The van der Waals surface area contributed by atoms with Gasteiger partial charge in [-0.05, 0) is 32.7 Å². The van der Waals surface area contributed by atoms with Gasteiger partial charge in [-0.3, -0.25) is 0 Å². The maximum Gasteiger partial charge on any atom is 0.0602 e. The van der Waals surface area contributed by atoms with Crippen LogP contribution in [0.15, 0.2) is 0 Å². The lowest BCUT2D eigenvalue weighted by atomic mass is 10.0. The fraction of sp³-hybridized carbons (Fsp3) is 1.00. The van der Waals surface area contributed by atoms with Crippen molar-refractivity contribution in [1.29, 1.82) is 0 Å². The Balaban J connectivity index is 2.06. The molecule has 0 spiro atoms. The van der Waals surface area contributed by atoms with Gasteiger partial charge in [-0.25, -0.2) is 0 Å². The first-order valence-electron chi connectivity index (χ1n) is 4.78. The molecule has 1 aliphatic rings. The van der Waals surface area contributed by atoms with Crippen molar-refractivity contribution in [1.82, 2.24) is 5.32 Å². The van der Waals surface area contributed by atoms with Crippen LogP contribution in [-0.4, -0.2) is 37.0 Å². The third-order valence-corrected chi connectivity index (χ3v) is 2.23. The molecule has 1 rings (SSSR count). The lowest BCUT2D eigenvalue weighted by Crippen LogP contribution is -2.39. The summed E-state index contributed by atoms with van der Waals surface area (Å²) in [6.45, 7) is 4.18. The van der Waals surface area contributed by atoms with Gasteiger partial charge >= 0.3 is 0 Å². The SMILES string of the molecule is CC1CC(OCCCO)CCN1. The molecule has 2 unspecified atom stereocenters. The van der Waals surface area contributed by atoms with E-state index in [1.807, 2.05) is 0 Å². The van der Waals surface area contributed by atoms with Crippen LogP contribution in [0.1, 0.15) is 26.2 Å². The van der Waals surface area contributed by atoms with Gasteiger partial charge in [0.05, 0.1) is 6.10 Å². The highest BCUT2D eigenvalue weighted by molar-refractivity contribution is 4.75. The average molecular weight is 173 g/mol. The lowest BCUT2D eigenvalue weighted by Gasteiger charge is -2.27. The van der Waals surface area contributed by atoms with E-state index in [2.05, 4.69) is 12.2 Å². The van der Waals surface area contributed by atoms with Gasteiger partial charge in [0, 0.05) is 19.3 Å². The van der Waals surface area contributed by atoms with Crippen molar-refractivity contribution < 1.29 is 9.84 Å². The highest BCUT2D eigenvalue weighted by atomic mass is 16.5. The minimum Gasteiger partial charge on any atom is -0.396 e. The summed E-state index contributed by atoms with van der Waals surface area (Å²) in [5, 5.41) is 11.9. The summed E-state index contributed by atoms with van der Waals surface area (Å²) < 4.78 is 5.59. The smallest absolute Gasteiger partial charge is 0.0602 e. The first kappa shape index (κ1) is 9.96. The summed E-state index contributed by atoms with van der Waals surface area (Å²) >= 11 is 0. The van der Waals surface area contributed by atoms with Gasteiger partial charge in [-0.1, -0.05) is 0 Å². The van der Waals surface area contributed by atoms with E-state index in [-0.39, 0.29) is 6.61 Å². The number of nitrogens with one attached hydrogen (secondary N) is 1. The average Bonchev–Trinajstić information content (AvgIpc) is 2.05. The molecule has 0 bridgehead atoms.